The van der Waals surface area contributed by atoms with Crippen molar-refractivity contribution in [3.8, 4) is 0 Å². The SMILES string of the molecule is COCCc1nsc(N2CCc3cnccc32)n1. The molecule has 0 saturated carbocycles. The number of hydrogen-bond donors (Lipinski definition) is 0. The number of ether oxygens (including phenoxy) is 1. The van der Waals surface area contributed by atoms with Gasteiger partial charge in [-0.1, -0.05) is 0 Å². The van der Waals surface area contributed by atoms with Crippen molar-refractivity contribution in [2.75, 3.05) is 25.2 Å². The van der Waals surface area contributed by atoms with Gasteiger partial charge in [0.15, 0.2) is 0 Å². The van der Waals surface area contributed by atoms with Crippen LogP contribution in [-0.2, 0) is 17.6 Å². The third-order valence-corrected chi connectivity index (χ3v) is 3.77. The van der Waals surface area contributed by atoms with E-state index in [2.05, 4.69) is 19.2 Å². The van der Waals surface area contributed by atoms with E-state index in [4.69, 9.17) is 4.74 Å². The number of hydrogen-bond acceptors (Lipinski definition) is 6. The lowest BCUT2D eigenvalue weighted by atomic mass is 10.2. The molecule has 5 nitrogen and oxygen atoms in total. The first kappa shape index (κ1) is 11.6. The van der Waals surface area contributed by atoms with Crippen LogP contribution in [0.15, 0.2) is 18.5 Å². The van der Waals surface area contributed by atoms with Crippen molar-refractivity contribution in [3.63, 3.8) is 0 Å². The van der Waals surface area contributed by atoms with Gasteiger partial charge in [0.05, 0.1) is 6.61 Å². The Balaban J connectivity index is 1.82. The van der Waals surface area contributed by atoms with Crippen LogP contribution in [0.25, 0.3) is 0 Å². The molecule has 3 heterocycles. The van der Waals surface area contributed by atoms with Crippen LogP contribution in [0.5, 0.6) is 0 Å². The summed E-state index contributed by atoms with van der Waals surface area (Å²) in [6, 6.07) is 2.04. The zero-order chi connectivity index (χ0) is 12.4. The van der Waals surface area contributed by atoms with Crippen LogP contribution >= 0.6 is 11.5 Å². The van der Waals surface area contributed by atoms with E-state index in [-0.39, 0.29) is 0 Å². The topological polar surface area (TPSA) is 51.1 Å². The van der Waals surface area contributed by atoms with Crippen molar-refractivity contribution in [2.24, 2.45) is 0 Å². The van der Waals surface area contributed by atoms with Gasteiger partial charge in [-0.15, -0.1) is 0 Å². The van der Waals surface area contributed by atoms with Crippen LogP contribution in [0, 0.1) is 0 Å². The smallest absolute Gasteiger partial charge is 0.209 e. The van der Waals surface area contributed by atoms with Gasteiger partial charge in [0, 0.05) is 49.7 Å². The molecule has 0 N–H and O–H groups in total. The molecule has 0 amide bonds. The molecule has 6 heteroatoms. The molecule has 0 atom stereocenters. The van der Waals surface area contributed by atoms with Crippen LogP contribution in [0.1, 0.15) is 11.4 Å². The highest BCUT2D eigenvalue weighted by atomic mass is 32.1. The van der Waals surface area contributed by atoms with E-state index in [0.717, 1.165) is 30.3 Å². The summed E-state index contributed by atoms with van der Waals surface area (Å²) in [5.41, 5.74) is 2.49. The minimum absolute atomic E-state index is 0.663. The Kier molecular flexibility index (Phi) is 3.21. The molecule has 0 radical (unpaired) electrons. The fourth-order valence-electron chi connectivity index (χ4n) is 2.08. The van der Waals surface area contributed by atoms with Crippen molar-refractivity contribution >= 4 is 22.4 Å². The zero-order valence-electron chi connectivity index (χ0n) is 10.2. The monoisotopic (exact) mass is 262 g/mol. The molecular weight excluding hydrogens is 248 g/mol. The number of fused-ring (bicyclic) bond motifs is 1. The molecule has 0 bridgehead atoms. The van der Waals surface area contributed by atoms with Gasteiger partial charge in [-0.2, -0.15) is 4.37 Å². The summed E-state index contributed by atoms with van der Waals surface area (Å²) in [5, 5.41) is 0.964. The molecule has 0 aliphatic carbocycles. The van der Waals surface area contributed by atoms with E-state index >= 15 is 0 Å². The molecule has 94 valence electrons. The third kappa shape index (κ3) is 2.09. The summed E-state index contributed by atoms with van der Waals surface area (Å²) < 4.78 is 9.40. The van der Waals surface area contributed by atoms with Gasteiger partial charge in [0.1, 0.15) is 5.82 Å². The van der Waals surface area contributed by atoms with Gasteiger partial charge in [-0.3, -0.25) is 4.98 Å². The van der Waals surface area contributed by atoms with Gasteiger partial charge in [0.2, 0.25) is 5.13 Å². The van der Waals surface area contributed by atoms with E-state index in [0.29, 0.717) is 6.61 Å². The number of anilines is 2. The lowest BCUT2D eigenvalue weighted by molar-refractivity contribution is 0.201. The molecular formula is C12H14N4OS. The van der Waals surface area contributed by atoms with Gasteiger partial charge in [-0.25, -0.2) is 4.98 Å². The second-order valence-electron chi connectivity index (χ2n) is 4.14. The maximum Gasteiger partial charge on any atom is 0.209 e. The quantitative estimate of drug-likeness (QED) is 0.841. The molecule has 2 aromatic rings. The minimum atomic E-state index is 0.663. The lowest BCUT2D eigenvalue weighted by Crippen LogP contribution is -2.13. The Morgan fingerprint density at radius 1 is 1.50 bits per heavy atom. The van der Waals surface area contributed by atoms with Crippen molar-refractivity contribution in [2.45, 2.75) is 12.8 Å². The van der Waals surface area contributed by atoms with Crippen molar-refractivity contribution in [1.29, 1.82) is 0 Å². The summed E-state index contributed by atoms with van der Waals surface area (Å²) in [7, 11) is 1.69. The Labute approximate surface area is 110 Å². The van der Waals surface area contributed by atoms with Crippen LogP contribution in [0.4, 0.5) is 10.8 Å². The van der Waals surface area contributed by atoms with Gasteiger partial charge >= 0.3 is 0 Å². The lowest BCUT2D eigenvalue weighted by Gasteiger charge is -2.14. The molecule has 0 unspecified atom stereocenters. The molecule has 2 aromatic heterocycles. The van der Waals surface area contributed by atoms with Crippen molar-refractivity contribution < 1.29 is 4.74 Å². The summed E-state index contributed by atoms with van der Waals surface area (Å²) in [5.74, 6) is 0.861. The summed E-state index contributed by atoms with van der Waals surface area (Å²) in [6.07, 6.45) is 5.55. The fourth-order valence-corrected chi connectivity index (χ4v) is 2.83. The second kappa shape index (κ2) is 4.99. The molecule has 18 heavy (non-hydrogen) atoms. The normalized spacial score (nSPS) is 13.9. The molecule has 0 aromatic carbocycles. The number of pyridine rings is 1. The Morgan fingerprint density at radius 2 is 2.44 bits per heavy atom. The zero-order valence-corrected chi connectivity index (χ0v) is 11.0. The van der Waals surface area contributed by atoms with Gasteiger partial charge < -0.3 is 9.64 Å². The Morgan fingerprint density at radius 3 is 3.33 bits per heavy atom. The maximum atomic E-state index is 5.04. The Hall–Kier alpha value is -1.53. The molecule has 0 saturated heterocycles. The van der Waals surface area contributed by atoms with E-state index in [1.165, 1.54) is 22.8 Å². The highest BCUT2D eigenvalue weighted by molar-refractivity contribution is 7.09. The second-order valence-corrected chi connectivity index (χ2v) is 4.87. The van der Waals surface area contributed by atoms with Crippen LogP contribution < -0.4 is 4.90 Å². The highest BCUT2D eigenvalue weighted by Crippen LogP contribution is 2.34. The van der Waals surface area contributed by atoms with Gasteiger partial charge in [-0.05, 0) is 18.1 Å². The fraction of sp³-hybridized carbons (Fsp3) is 0.417. The summed E-state index contributed by atoms with van der Waals surface area (Å²) in [4.78, 5) is 10.9. The van der Waals surface area contributed by atoms with E-state index in [1.54, 1.807) is 7.11 Å². The highest BCUT2D eigenvalue weighted by Gasteiger charge is 2.23. The number of rotatable bonds is 4. The predicted molar refractivity (Wildman–Crippen MR) is 70.4 cm³/mol. The number of methoxy groups -OCH3 is 1. The van der Waals surface area contributed by atoms with Crippen molar-refractivity contribution in [3.05, 3.63) is 29.8 Å². The summed E-state index contributed by atoms with van der Waals surface area (Å²) in [6.45, 7) is 1.62. The summed E-state index contributed by atoms with van der Waals surface area (Å²) >= 11 is 1.45. The third-order valence-electron chi connectivity index (χ3n) is 2.99. The maximum absolute atomic E-state index is 5.04. The van der Waals surface area contributed by atoms with E-state index < -0.39 is 0 Å². The Bertz CT molecular complexity index is 542. The van der Waals surface area contributed by atoms with E-state index in [9.17, 15) is 0 Å². The molecule has 0 spiro atoms. The van der Waals surface area contributed by atoms with Crippen LogP contribution in [0.3, 0.4) is 0 Å². The van der Waals surface area contributed by atoms with Gasteiger partial charge in [0.25, 0.3) is 0 Å². The number of nitrogens with zero attached hydrogens (tertiary/aromatic N) is 4. The molecule has 3 rings (SSSR count). The average molecular weight is 262 g/mol. The largest absolute Gasteiger partial charge is 0.384 e. The first-order valence-electron chi connectivity index (χ1n) is 5.90. The van der Waals surface area contributed by atoms with Crippen LogP contribution in [-0.4, -0.2) is 34.6 Å². The minimum Gasteiger partial charge on any atom is -0.384 e. The number of aromatic nitrogens is 3. The van der Waals surface area contributed by atoms with Crippen molar-refractivity contribution in [1.82, 2.24) is 14.3 Å². The standard InChI is InChI=1S/C12H14N4OS/c1-17-7-4-11-14-12(18-15-11)16-6-3-9-8-13-5-2-10(9)16/h2,5,8H,3-4,6-7H2,1H3. The molecule has 1 aliphatic heterocycles. The first-order chi connectivity index (χ1) is 8.88. The molecule has 0 fully saturated rings. The molecule has 1 aliphatic rings. The van der Waals surface area contributed by atoms with Crippen LogP contribution in [0.2, 0.25) is 0 Å². The average Bonchev–Trinajstić information content (AvgIpc) is 3.02. The van der Waals surface area contributed by atoms with E-state index in [1.807, 2.05) is 18.5 Å². The first-order valence-corrected chi connectivity index (χ1v) is 6.68. The predicted octanol–water partition coefficient (Wildman–Crippen LogP) is 1.82.